The third-order valence-electron chi connectivity index (χ3n) is 3.50. The summed E-state index contributed by atoms with van der Waals surface area (Å²) in [4.78, 5) is 0. The average molecular weight is 251 g/mol. The maximum absolute atomic E-state index is 13.6. The maximum atomic E-state index is 13.6. The molecule has 1 fully saturated rings. The van der Waals surface area contributed by atoms with Crippen LogP contribution in [0.3, 0.4) is 0 Å². The van der Waals surface area contributed by atoms with Gasteiger partial charge in [-0.3, -0.25) is 0 Å². The van der Waals surface area contributed by atoms with Gasteiger partial charge in [-0.05, 0) is 50.4 Å². The summed E-state index contributed by atoms with van der Waals surface area (Å²) in [5, 5.41) is 3.54. The minimum absolute atomic E-state index is 0.254. The van der Waals surface area contributed by atoms with Gasteiger partial charge in [0, 0.05) is 6.04 Å². The van der Waals surface area contributed by atoms with Crippen LogP contribution in [0.15, 0.2) is 18.2 Å². The van der Waals surface area contributed by atoms with Gasteiger partial charge in [0.15, 0.2) is 11.6 Å². The summed E-state index contributed by atoms with van der Waals surface area (Å²) in [6.07, 6.45) is 6.14. The molecular weight excluding hydrogens is 229 g/mol. The van der Waals surface area contributed by atoms with Crippen molar-refractivity contribution < 1.29 is 9.13 Å². The second-order valence-electron chi connectivity index (χ2n) is 4.88. The van der Waals surface area contributed by atoms with Crippen LogP contribution >= 0.6 is 0 Å². The first kappa shape index (κ1) is 13.3. The molecule has 1 aliphatic rings. The van der Waals surface area contributed by atoms with Crippen molar-refractivity contribution in [1.82, 2.24) is 5.32 Å². The largest absolute Gasteiger partial charge is 0.491 e. The molecule has 0 aromatic heterocycles. The third-order valence-corrected chi connectivity index (χ3v) is 3.50. The Morgan fingerprint density at radius 3 is 2.78 bits per heavy atom. The summed E-state index contributed by atoms with van der Waals surface area (Å²) in [5.41, 5.74) is 1.03. The first-order chi connectivity index (χ1) is 8.79. The third kappa shape index (κ3) is 3.70. The van der Waals surface area contributed by atoms with Gasteiger partial charge in [0.25, 0.3) is 0 Å². The molecule has 0 saturated heterocycles. The average Bonchev–Trinajstić information content (AvgIpc) is 2.86. The second kappa shape index (κ2) is 6.74. The highest BCUT2D eigenvalue weighted by atomic mass is 19.1. The molecule has 0 unspecified atom stereocenters. The van der Waals surface area contributed by atoms with Crippen LogP contribution < -0.4 is 10.1 Å². The smallest absolute Gasteiger partial charge is 0.165 e. The zero-order chi connectivity index (χ0) is 12.8. The standard InChI is InChI=1S/C15H22FNO/c1-2-18-15-8-7-12(11-14(15)16)9-10-17-13-5-3-4-6-13/h7-8,11,13,17H,2-6,9-10H2,1H3. The lowest BCUT2D eigenvalue weighted by atomic mass is 10.1. The summed E-state index contributed by atoms with van der Waals surface area (Å²) < 4.78 is 18.8. The van der Waals surface area contributed by atoms with Gasteiger partial charge in [0.2, 0.25) is 0 Å². The van der Waals surface area contributed by atoms with E-state index in [0.717, 1.165) is 18.5 Å². The van der Waals surface area contributed by atoms with Crippen molar-refractivity contribution in [1.29, 1.82) is 0 Å². The van der Waals surface area contributed by atoms with Crippen molar-refractivity contribution in [3.63, 3.8) is 0 Å². The van der Waals surface area contributed by atoms with E-state index in [1.165, 1.54) is 25.7 Å². The van der Waals surface area contributed by atoms with Crippen LogP contribution in [0.1, 0.15) is 38.2 Å². The van der Waals surface area contributed by atoms with Crippen LogP contribution in [-0.4, -0.2) is 19.2 Å². The molecule has 0 amide bonds. The van der Waals surface area contributed by atoms with E-state index in [1.807, 2.05) is 13.0 Å². The summed E-state index contributed by atoms with van der Waals surface area (Å²) in [6, 6.07) is 5.94. The van der Waals surface area contributed by atoms with E-state index in [-0.39, 0.29) is 5.82 Å². The first-order valence-corrected chi connectivity index (χ1v) is 6.94. The molecule has 0 spiro atoms. The van der Waals surface area contributed by atoms with Gasteiger partial charge in [-0.15, -0.1) is 0 Å². The monoisotopic (exact) mass is 251 g/mol. The second-order valence-corrected chi connectivity index (χ2v) is 4.88. The van der Waals surface area contributed by atoms with Crippen molar-refractivity contribution in [2.45, 2.75) is 45.1 Å². The number of hydrogen-bond donors (Lipinski definition) is 1. The van der Waals surface area contributed by atoms with E-state index >= 15 is 0 Å². The van der Waals surface area contributed by atoms with Gasteiger partial charge in [0.05, 0.1) is 6.61 Å². The van der Waals surface area contributed by atoms with Crippen molar-refractivity contribution in [3.8, 4) is 5.75 Å². The molecule has 2 nitrogen and oxygen atoms in total. The zero-order valence-electron chi connectivity index (χ0n) is 11.0. The molecule has 1 aliphatic carbocycles. The summed E-state index contributed by atoms with van der Waals surface area (Å²) >= 11 is 0. The molecule has 0 atom stereocenters. The molecule has 0 bridgehead atoms. The number of rotatable bonds is 6. The van der Waals surface area contributed by atoms with Crippen LogP contribution in [0.4, 0.5) is 4.39 Å². The molecule has 1 saturated carbocycles. The molecule has 1 aromatic rings. The van der Waals surface area contributed by atoms with Crippen molar-refractivity contribution >= 4 is 0 Å². The number of ether oxygens (including phenoxy) is 1. The number of halogens is 1. The van der Waals surface area contributed by atoms with Crippen LogP contribution in [0.25, 0.3) is 0 Å². The molecule has 1 N–H and O–H groups in total. The van der Waals surface area contributed by atoms with Gasteiger partial charge in [0.1, 0.15) is 0 Å². The van der Waals surface area contributed by atoms with E-state index < -0.39 is 0 Å². The molecule has 18 heavy (non-hydrogen) atoms. The molecule has 0 heterocycles. The Bertz CT molecular complexity index is 375. The van der Waals surface area contributed by atoms with Crippen molar-refractivity contribution in [2.75, 3.05) is 13.2 Å². The molecule has 3 heteroatoms. The maximum Gasteiger partial charge on any atom is 0.165 e. The quantitative estimate of drug-likeness (QED) is 0.837. The molecular formula is C15H22FNO. The van der Waals surface area contributed by atoms with E-state index in [0.29, 0.717) is 18.4 Å². The van der Waals surface area contributed by atoms with Crippen molar-refractivity contribution in [2.24, 2.45) is 0 Å². The SMILES string of the molecule is CCOc1ccc(CCNC2CCCC2)cc1F. The fraction of sp³-hybridized carbons (Fsp3) is 0.600. The number of nitrogens with one attached hydrogen (secondary N) is 1. The Labute approximate surface area is 109 Å². The zero-order valence-corrected chi connectivity index (χ0v) is 11.0. The fourth-order valence-electron chi connectivity index (χ4n) is 2.52. The molecule has 0 radical (unpaired) electrons. The summed E-state index contributed by atoms with van der Waals surface area (Å²) in [6.45, 7) is 3.29. The topological polar surface area (TPSA) is 21.3 Å². The Hall–Kier alpha value is -1.09. The van der Waals surface area contributed by atoms with Crippen LogP contribution in [0, 0.1) is 5.82 Å². The lowest BCUT2D eigenvalue weighted by Crippen LogP contribution is -2.27. The van der Waals surface area contributed by atoms with E-state index in [4.69, 9.17) is 4.74 Å². The van der Waals surface area contributed by atoms with Gasteiger partial charge in [-0.25, -0.2) is 4.39 Å². The highest BCUT2D eigenvalue weighted by Gasteiger charge is 2.13. The van der Waals surface area contributed by atoms with Gasteiger partial charge < -0.3 is 10.1 Å². The molecule has 100 valence electrons. The molecule has 2 rings (SSSR count). The van der Waals surface area contributed by atoms with Crippen LogP contribution in [0.2, 0.25) is 0 Å². The predicted molar refractivity (Wildman–Crippen MR) is 71.5 cm³/mol. The normalized spacial score (nSPS) is 16.1. The minimum atomic E-state index is -0.254. The Balaban J connectivity index is 1.80. The number of benzene rings is 1. The minimum Gasteiger partial charge on any atom is -0.491 e. The van der Waals surface area contributed by atoms with Gasteiger partial charge in [-0.1, -0.05) is 18.9 Å². The first-order valence-electron chi connectivity index (χ1n) is 6.94. The Kier molecular flexibility index (Phi) is 5.00. The van der Waals surface area contributed by atoms with Crippen molar-refractivity contribution in [3.05, 3.63) is 29.6 Å². The highest BCUT2D eigenvalue weighted by molar-refractivity contribution is 5.29. The van der Waals surface area contributed by atoms with E-state index in [1.54, 1.807) is 12.1 Å². The lowest BCUT2D eigenvalue weighted by molar-refractivity contribution is 0.321. The van der Waals surface area contributed by atoms with Crippen LogP contribution in [0.5, 0.6) is 5.75 Å². The van der Waals surface area contributed by atoms with Gasteiger partial charge >= 0.3 is 0 Å². The van der Waals surface area contributed by atoms with Crippen LogP contribution in [-0.2, 0) is 6.42 Å². The fourth-order valence-corrected chi connectivity index (χ4v) is 2.52. The molecule has 0 aliphatic heterocycles. The van der Waals surface area contributed by atoms with Gasteiger partial charge in [-0.2, -0.15) is 0 Å². The highest BCUT2D eigenvalue weighted by Crippen LogP contribution is 2.19. The summed E-state index contributed by atoms with van der Waals surface area (Å²) in [5.74, 6) is 0.0974. The number of hydrogen-bond acceptors (Lipinski definition) is 2. The Morgan fingerprint density at radius 2 is 2.11 bits per heavy atom. The Morgan fingerprint density at radius 1 is 1.33 bits per heavy atom. The lowest BCUT2D eigenvalue weighted by Gasteiger charge is -2.12. The van der Waals surface area contributed by atoms with E-state index in [2.05, 4.69) is 5.32 Å². The van der Waals surface area contributed by atoms with E-state index in [9.17, 15) is 4.39 Å². The summed E-state index contributed by atoms with van der Waals surface area (Å²) in [7, 11) is 0. The molecule has 1 aromatic carbocycles. The predicted octanol–water partition coefficient (Wildman–Crippen LogP) is 3.30.